The molecule has 0 aliphatic heterocycles. The van der Waals surface area contributed by atoms with Crippen molar-refractivity contribution in [3.05, 3.63) is 59.7 Å². The molecule has 2 atom stereocenters. The second-order valence-corrected chi connectivity index (χ2v) is 9.43. The van der Waals surface area contributed by atoms with Crippen LogP contribution in [0.1, 0.15) is 50.7 Å². The molecule has 1 aliphatic rings. The summed E-state index contributed by atoms with van der Waals surface area (Å²) in [5.74, 6) is -1.11. The Morgan fingerprint density at radius 2 is 1.56 bits per heavy atom. The summed E-state index contributed by atoms with van der Waals surface area (Å²) in [6.45, 7) is 6.09. The highest BCUT2D eigenvalue weighted by molar-refractivity contribution is 5.83. The van der Waals surface area contributed by atoms with Crippen molar-refractivity contribution in [2.75, 3.05) is 20.2 Å². The van der Waals surface area contributed by atoms with Gasteiger partial charge in [0.1, 0.15) is 12.6 Å². The van der Waals surface area contributed by atoms with Crippen LogP contribution in [0.2, 0.25) is 0 Å². The van der Waals surface area contributed by atoms with E-state index in [1.54, 1.807) is 0 Å². The maximum absolute atomic E-state index is 12.6. The fourth-order valence-electron chi connectivity index (χ4n) is 4.56. The van der Waals surface area contributed by atoms with E-state index < -0.39 is 18.1 Å². The molecule has 182 valence electrons. The van der Waals surface area contributed by atoms with Gasteiger partial charge < -0.3 is 20.1 Å². The lowest BCUT2D eigenvalue weighted by Crippen LogP contribution is -2.42. The zero-order valence-corrected chi connectivity index (χ0v) is 20.3. The van der Waals surface area contributed by atoms with Gasteiger partial charge in [0.15, 0.2) is 0 Å². The highest BCUT2D eigenvalue weighted by Gasteiger charge is 2.29. The molecule has 2 N–H and O–H groups in total. The number of likely N-dealkylation sites (N-methyl/N-ethyl adjacent to an activating group) is 1. The molecular formula is C27H34N2O5. The lowest BCUT2D eigenvalue weighted by Gasteiger charge is -2.25. The number of rotatable bonds is 10. The number of carboxylic acid groups (broad SMARTS) is 1. The van der Waals surface area contributed by atoms with Gasteiger partial charge in [0.05, 0.1) is 0 Å². The van der Waals surface area contributed by atoms with Crippen LogP contribution in [0.3, 0.4) is 0 Å². The van der Waals surface area contributed by atoms with E-state index in [1.165, 1.54) is 30.0 Å². The zero-order chi connectivity index (χ0) is 24.8. The summed E-state index contributed by atoms with van der Waals surface area (Å²) in [6.07, 6.45) is 0.371. The predicted octanol–water partition coefficient (Wildman–Crippen LogP) is 4.51. The minimum absolute atomic E-state index is 0.0163. The van der Waals surface area contributed by atoms with Gasteiger partial charge in [-0.25, -0.2) is 9.59 Å². The van der Waals surface area contributed by atoms with Crippen LogP contribution in [0, 0.1) is 11.8 Å². The molecule has 7 heteroatoms. The van der Waals surface area contributed by atoms with Crippen LogP contribution in [0.4, 0.5) is 4.79 Å². The molecule has 0 fully saturated rings. The fraction of sp³-hybridized carbons (Fsp3) is 0.444. The first-order chi connectivity index (χ1) is 16.2. The molecular weight excluding hydrogens is 432 g/mol. The van der Waals surface area contributed by atoms with Crippen molar-refractivity contribution in [1.29, 1.82) is 0 Å². The summed E-state index contributed by atoms with van der Waals surface area (Å²) in [5, 5.41) is 12.0. The summed E-state index contributed by atoms with van der Waals surface area (Å²) >= 11 is 0. The van der Waals surface area contributed by atoms with Crippen LogP contribution >= 0.6 is 0 Å². The van der Waals surface area contributed by atoms with Crippen molar-refractivity contribution in [2.45, 2.75) is 45.6 Å². The number of aliphatic carboxylic acids is 1. The quantitative estimate of drug-likeness (QED) is 0.537. The summed E-state index contributed by atoms with van der Waals surface area (Å²) in [4.78, 5) is 37.5. The third-order valence-electron chi connectivity index (χ3n) is 6.48. The predicted molar refractivity (Wildman–Crippen MR) is 131 cm³/mol. The van der Waals surface area contributed by atoms with E-state index in [2.05, 4.69) is 29.6 Å². The standard InChI is InChI=1S/C27H34N2O5/c1-17(2)13-19(14-25(30)29(4)18(3)26(31)32)15-28-27(33)34-16-24-22-11-7-5-9-20(22)21-10-6-8-12-23(21)24/h5-12,17-19,24H,13-16H2,1-4H3,(H,28,33)(H,31,32)/t18-,19?/m0/s1. The number of amides is 2. The van der Waals surface area contributed by atoms with Gasteiger partial charge >= 0.3 is 12.1 Å². The number of carboxylic acids is 1. The third-order valence-corrected chi connectivity index (χ3v) is 6.48. The van der Waals surface area contributed by atoms with Gasteiger partial charge in [0.2, 0.25) is 5.91 Å². The number of ether oxygens (including phenoxy) is 1. The Morgan fingerprint density at radius 1 is 1.00 bits per heavy atom. The number of nitrogens with zero attached hydrogens (tertiary/aromatic N) is 1. The molecule has 3 rings (SSSR count). The molecule has 0 aromatic heterocycles. The van der Waals surface area contributed by atoms with Crippen molar-refractivity contribution in [3.63, 3.8) is 0 Å². The van der Waals surface area contributed by atoms with Gasteiger partial charge in [0, 0.05) is 25.9 Å². The lowest BCUT2D eigenvalue weighted by molar-refractivity contribution is -0.148. The van der Waals surface area contributed by atoms with Gasteiger partial charge in [-0.3, -0.25) is 4.79 Å². The van der Waals surface area contributed by atoms with E-state index in [4.69, 9.17) is 9.84 Å². The first-order valence-corrected chi connectivity index (χ1v) is 11.8. The van der Waals surface area contributed by atoms with Gasteiger partial charge in [-0.1, -0.05) is 62.4 Å². The van der Waals surface area contributed by atoms with E-state index in [0.29, 0.717) is 5.92 Å². The molecule has 34 heavy (non-hydrogen) atoms. The maximum atomic E-state index is 12.6. The van der Waals surface area contributed by atoms with Gasteiger partial charge in [0.25, 0.3) is 0 Å². The summed E-state index contributed by atoms with van der Waals surface area (Å²) < 4.78 is 5.59. The Balaban J connectivity index is 1.57. The molecule has 0 spiro atoms. The number of hydrogen-bond donors (Lipinski definition) is 2. The van der Waals surface area contributed by atoms with Crippen LogP contribution < -0.4 is 5.32 Å². The van der Waals surface area contributed by atoms with E-state index in [9.17, 15) is 14.4 Å². The van der Waals surface area contributed by atoms with Crippen LogP contribution in [0.5, 0.6) is 0 Å². The molecule has 2 amide bonds. The average molecular weight is 467 g/mol. The summed E-state index contributed by atoms with van der Waals surface area (Å²) in [5.41, 5.74) is 4.63. The van der Waals surface area contributed by atoms with Crippen molar-refractivity contribution in [3.8, 4) is 11.1 Å². The highest BCUT2D eigenvalue weighted by Crippen LogP contribution is 2.44. The molecule has 0 saturated carbocycles. The molecule has 1 unspecified atom stereocenters. The fourth-order valence-corrected chi connectivity index (χ4v) is 4.56. The van der Waals surface area contributed by atoms with Crippen molar-refractivity contribution >= 4 is 18.0 Å². The number of benzene rings is 2. The molecule has 0 radical (unpaired) electrons. The molecule has 2 aromatic carbocycles. The average Bonchev–Trinajstić information content (AvgIpc) is 3.13. The van der Waals surface area contributed by atoms with E-state index in [1.807, 2.05) is 38.1 Å². The zero-order valence-electron chi connectivity index (χ0n) is 20.3. The van der Waals surface area contributed by atoms with Crippen LogP contribution in [-0.4, -0.2) is 54.2 Å². The van der Waals surface area contributed by atoms with Crippen molar-refractivity contribution in [2.24, 2.45) is 11.8 Å². The van der Waals surface area contributed by atoms with Crippen molar-refractivity contribution in [1.82, 2.24) is 10.2 Å². The Bertz CT molecular complexity index is 990. The smallest absolute Gasteiger partial charge is 0.407 e. The second kappa shape index (κ2) is 11.2. The van der Waals surface area contributed by atoms with E-state index in [-0.39, 0.29) is 37.3 Å². The molecule has 0 saturated heterocycles. The summed E-state index contributed by atoms with van der Waals surface area (Å²) in [7, 11) is 1.49. The van der Waals surface area contributed by atoms with E-state index in [0.717, 1.165) is 17.5 Å². The third kappa shape index (κ3) is 5.95. The minimum atomic E-state index is -1.05. The van der Waals surface area contributed by atoms with Crippen LogP contribution in [-0.2, 0) is 14.3 Å². The minimum Gasteiger partial charge on any atom is -0.480 e. The largest absolute Gasteiger partial charge is 0.480 e. The van der Waals surface area contributed by atoms with Crippen LogP contribution in [0.25, 0.3) is 11.1 Å². The normalized spacial score (nSPS) is 14.1. The Kier molecular flexibility index (Phi) is 8.31. The first kappa shape index (κ1) is 25.3. The first-order valence-electron chi connectivity index (χ1n) is 11.8. The number of alkyl carbamates (subject to hydrolysis) is 1. The number of carbonyl (C=O) groups is 3. The monoisotopic (exact) mass is 466 g/mol. The van der Waals surface area contributed by atoms with Crippen LogP contribution in [0.15, 0.2) is 48.5 Å². The second-order valence-electron chi connectivity index (χ2n) is 9.43. The van der Waals surface area contributed by atoms with Gasteiger partial charge in [-0.05, 0) is 47.4 Å². The Morgan fingerprint density at radius 3 is 2.09 bits per heavy atom. The molecule has 0 bridgehead atoms. The Hall–Kier alpha value is -3.35. The maximum Gasteiger partial charge on any atom is 0.407 e. The van der Waals surface area contributed by atoms with E-state index >= 15 is 0 Å². The lowest BCUT2D eigenvalue weighted by atomic mass is 9.93. The topological polar surface area (TPSA) is 95.9 Å². The highest BCUT2D eigenvalue weighted by atomic mass is 16.5. The molecule has 7 nitrogen and oxygen atoms in total. The summed E-state index contributed by atoms with van der Waals surface area (Å²) in [6, 6.07) is 15.4. The molecule has 2 aromatic rings. The SMILES string of the molecule is CC(C)CC(CNC(=O)OCC1c2ccccc2-c2ccccc21)CC(=O)N(C)[C@@H](C)C(=O)O. The van der Waals surface area contributed by atoms with Gasteiger partial charge in [-0.15, -0.1) is 0 Å². The molecule has 0 heterocycles. The molecule has 1 aliphatic carbocycles. The number of nitrogens with one attached hydrogen (secondary N) is 1. The number of fused-ring (bicyclic) bond motifs is 3. The number of carbonyl (C=O) groups excluding carboxylic acids is 2. The van der Waals surface area contributed by atoms with Gasteiger partial charge in [-0.2, -0.15) is 0 Å². The Labute approximate surface area is 201 Å². The number of hydrogen-bond acceptors (Lipinski definition) is 4. The van der Waals surface area contributed by atoms with Crippen molar-refractivity contribution < 1.29 is 24.2 Å².